The largest absolute Gasteiger partial charge is 0.342 e. The van der Waals surface area contributed by atoms with Crippen LogP contribution in [-0.2, 0) is 20.6 Å². The van der Waals surface area contributed by atoms with Gasteiger partial charge in [0.1, 0.15) is 5.82 Å². The SMILES string of the molecule is CC1CCN(c2nc3c(c(=O)n(C)c(=O)n3C)n2Cc2ccc(F)cc2)CC1. The molecule has 0 atom stereocenters. The van der Waals surface area contributed by atoms with Gasteiger partial charge in [-0.25, -0.2) is 9.18 Å². The number of aromatic nitrogens is 4. The van der Waals surface area contributed by atoms with Gasteiger partial charge in [-0.2, -0.15) is 4.98 Å². The second-order valence-corrected chi connectivity index (χ2v) is 7.67. The van der Waals surface area contributed by atoms with Crippen LogP contribution in [0.5, 0.6) is 0 Å². The minimum atomic E-state index is -0.400. The summed E-state index contributed by atoms with van der Waals surface area (Å²) in [7, 11) is 3.10. The summed E-state index contributed by atoms with van der Waals surface area (Å²) in [4.78, 5) is 32.2. The number of nitrogens with zero attached hydrogens (tertiary/aromatic N) is 5. The molecule has 0 N–H and O–H groups in total. The maximum absolute atomic E-state index is 13.3. The molecule has 0 amide bonds. The number of rotatable bonds is 3. The molecule has 2 aromatic heterocycles. The molecule has 28 heavy (non-hydrogen) atoms. The van der Waals surface area contributed by atoms with Crippen molar-refractivity contribution in [2.75, 3.05) is 18.0 Å². The number of anilines is 1. The summed E-state index contributed by atoms with van der Waals surface area (Å²) >= 11 is 0. The average molecular weight is 385 g/mol. The Morgan fingerprint density at radius 3 is 2.36 bits per heavy atom. The van der Waals surface area contributed by atoms with Crippen molar-refractivity contribution in [2.45, 2.75) is 26.3 Å². The minimum Gasteiger partial charge on any atom is -0.342 e. The van der Waals surface area contributed by atoms with E-state index in [2.05, 4.69) is 11.8 Å². The zero-order valence-corrected chi connectivity index (χ0v) is 16.4. The van der Waals surface area contributed by atoms with Gasteiger partial charge in [-0.05, 0) is 36.5 Å². The first-order valence-electron chi connectivity index (χ1n) is 9.52. The number of imidazole rings is 1. The van der Waals surface area contributed by atoms with E-state index in [9.17, 15) is 14.0 Å². The first kappa shape index (κ1) is 18.5. The molecule has 0 unspecified atom stereocenters. The zero-order chi connectivity index (χ0) is 20.0. The number of hydrogen-bond donors (Lipinski definition) is 0. The molecule has 7 nitrogen and oxygen atoms in total. The molecule has 4 rings (SSSR count). The van der Waals surface area contributed by atoms with Gasteiger partial charge in [0.15, 0.2) is 11.2 Å². The smallest absolute Gasteiger partial charge is 0.332 e. The van der Waals surface area contributed by atoms with Crippen LogP contribution in [-0.4, -0.2) is 31.8 Å². The molecule has 0 bridgehead atoms. The van der Waals surface area contributed by atoms with Gasteiger partial charge in [0.2, 0.25) is 5.95 Å². The van der Waals surface area contributed by atoms with Crippen LogP contribution in [0.4, 0.5) is 10.3 Å². The Morgan fingerprint density at radius 1 is 1.07 bits per heavy atom. The Hall–Kier alpha value is -2.90. The van der Waals surface area contributed by atoms with Gasteiger partial charge in [-0.3, -0.25) is 18.5 Å². The summed E-state index contributed by atoms with van der Waals surface area (Å²) in [5.74, 6) is 1.04. The third kappa shape index (κ3) is 3.02. The lowest BCUT2D eigenvalue weighted by atomic mass is 10.00. The van der Waals surface area contributed by atoms with Gasteiger partial charge >= 0.3 is 5.69 Å². The molecule has 0 radical (unpaired) electrons. The molecule has 1 aromatic carbocycles. The van der Waals surface area contributed by atoms with Crippen molar-refractivity contribution in [1.29, 1.82) is 0 Å². The number of hydrogen-bond acceptors (Lipinski definition) is 4. The van der Waals surface area contributed by atoms with Crippen molar-refractivity contribution < 1.29 is 4.39 Å². The monoisotopic (exact) mass is 385 g/mol. The van der Waals surface area contributed by atoms with Crippen LogP contribution < -0.4 is 16.1 Å². The highest BCUT2D eigenvalue weighted by molar-refractivity contribution is 5.74. The highest BCUT2D eigenvalue weighted by atomic mass is 19.1. The van der Waals surface area contributed by atoms with E-state index < -0.39 is 5.69 Å². The van der Waals surface area contributed by atoms with Crippen LogP contribution in [0.1, 0.15) is 25.3 Å². The number of benzene rings is 1. The van der Waals surface area contributed by atoms with E-state index in [1.807, 2.05) is 4.57 Å². The third-order valence-corrected chi connectivity index (χ3v) is 5.65. The number of halogens is 1. The van der Waals surface area contributed by atoms with E-state index in [1.165, 1.54) is 23.7 Å². The third-order valence-electron chi connectivity index (χ3n) is 5.65. The molecular formula is C20H24FN5O2. The van der Waals surface area contributed by atoms with Gasteiger partial charge < -0.3 is 4.90 Å². The Balaban J connectivity index is 1.92. The van der Waals surface area contributed by atoms with E-state index >= 15 is 0 Å². The first-order valence-corrected chi connectivity index (χ1v) is 9.52. The molecule has 1 aliphatic heterocycles. The van der Waals surface area contributed by atoms with Crippen LogP contribution in [0.25, 0.3) is 11.2 Å². The molecule has 1 aliphatic rings. The Labute approximate surface area is 161 Å². The van der Waals surface area contributed by atoms with E-state index in [0.717, 1.165) is 36.1 Å². The number of aryl methyl sites for hydroxylation is 1. The predicted molar refractivity (Wildman–Crippen MR) is 106 cm³/mol. The summed E-state index contributed by atoms with van der Waals surface area (Å²) in [5, 5.41) is 0. The molecule has 0 saturated carbocycles. The highest BCUT2D eigenvalue weighted by Gasteiger charge is 2.25. The Kier molecular flexibility index (Phi) is 4.56. The Bertz CT molecular complexity index is 1130. The molecule has 1 saturated heterocycles. The van der Waals surface area contributed by atoms with Crippen LogP contribution >= 0.6 is 0 Å². The molecule has 0 spiro atoms. The normalized spacial score (nSPS) is 15.5. The molecule has 3 heterocycles. The fraction of sp³-hybridized carbons (Fsp3) is 0.450. The molecule has 148 valence electrons. The van der Waals surface area contributed by atoms with Crippen LogP contribution in [0.2, 0.25) is 0 Å². The maximum atomic E-state index is 13.3. The van der Waals surface area contributed by atoms with Crippen molar-refractivity contribution in [3.05, 3.63) is 56.5 Å². The maximum Gasteiger partial charge on any atom is 0.332 e. The molecule has 8 heteroatoms. The molecular weight excluding hydrogens is 361 g/mol. The average Bonchev–Trinajstić information content (AvgIpc) is 3.06. The van der Waals surface area contributed by atoms with Crippen LogP contribution in [0.3, 0.4) is 0 Å². The van der Waals surface area contributed by atoms with E-state index in [-0.39, 0.29) is 11.4 Å². The van der Waals surface area contributed by atoms with E-state index in [4.69, 9.17) is 4.98 Å². The topological polar surface area (TPSA) is 65.1 Å². The highest BCUT2D eigenvalue weighted by Crippen LogP contribution is 2.26. The quantitative estimate of drug-likeness (QED) is 0.690. The molecule has 1 fully saturated rings. The summed E-state index contributed by atoms with van der Waals surface area (Å²) < 4.78 is 17.7. The van der Waals surface area contributed by atoms with Crippen LogP contribution in [0, 0.1) is 11.7 Å². The zero-order valence-electron chi connectivity index (χ0n) is 16.4. The lowest BCUT2D eigenvalue weighted by molar-refractivity contribution is 0.432. The van der Waals surface area contributed by atoms with Crippen molar-refractivity contribution in [1.82, 2.24) is 18.7 Å². The minimum absolute atomic E-state index is 0.303. The predicted octanol–water partition coefficient (Wildman–Crippen LogP) is 1.86. The second kappa shape index (κ2) is 6.92. The summed E-state index contributed by atoms with van der Waals surface area (Å²) in [5.41, 5.74) is 0.863. The fourth-order valence-electron chi connectivity index (χ4n) is 3.81. The number of fused-ring (bicyclic) bond motifs is 1. The van der Waals surface area contributed by atoms with Gasteiger partial charge in [0, 0.05) is 27.2 Å². The Morgan fingerprint density at radius 2 is 1.71 bits per heavy atom. The second-order valence-electron chi connectivity index (χ2n) is 7.67. The summed E-state index contributed by atoms with van der Waals surface area (Å²) in [6.45, 7) is 4.31. The van der Waals surface area contributed by atoms with Crippen molar-refractivity contribution in [3.63, 3.8) is 0 Å². The van der Waals surface area contributed by atoms with E-state index in [1.54, 1.807) is 19.2 Å². The lowest BCUT2D eigenvalue weighted by Crippen LogP contribution is -2.38. The summed E-state index contributed by atoms with van der Waals surface area (Å²) in [6, 6.07) is 6.22. The van der Waals surface area contributed by atoms with Gasteiger partial charge in [-0.15, -0.1) is 0 Å². The van der Waals surface area contributed by atoms with Crippen molar-refractivity contribution in [2.24, 2.45) is 20.0 Å². The van der Waals surface area contributed by atoms with Crippen molar-refractivity contribution in [3.8, 4) is 0 Å². The van der Waals surface area contributed by atoms with E-state index in [0.29, 0.717) is 29.6 Å². The fourth-order valence-corrected chi connectivity index (χ4v) is 3.81. The summed E-state index contributed by atoms with van der Waals surface area (Å²) in [6.07, 6.45) is 2.10. The molecule has 3 aromatic rings. The first-order chi connectivity index (χ1) is 13.4. The van der Waals surface area contributed by atoms with Gasteiger partial charge in [0.25, 0.3) is 5.56 Å². The van der Waals surface area contributed by atoms with Gasteiger partial charge in [-0.1, -0.05) is 19.1 Å². The van der Waals surface area contributed by atoms with Gasteiger partial charge in [0.05, 0.1) is 6.54 Å². The van der Waals surface area contributed by atoms with Crippen molar-refractivity contribution >= 4 is 17.1 Å². The molecule has 0 aliphatic carbocycles. The van der Waals surface area contributed by atoms with Crippen LogP contribution in [0.15, 0.2) is 33.9 Å². The lowest BCUT2D eigenvalue weighted by Gasteiger charge is -2.31. The number of piperidine rings is 1. The standard InChI is InChI=1S/C20H24FN5O2/c1-13-8-10-25(11-9-13)19-22-17-16(18(27)24(3)20(28)23(17)2)26(19)12-14-4-6-15(21)7-5-14/h4-7,13H,8-12H2,1-3H3.